The minimum atomic E-state index is -3.31. The maximum Gasteiger partial charge on any atom is 0.279 e. The molecule has 2 fully saturated rings. The zero-order valence-electron chi connectivity index (χ0n) is 11.1. The lowest BCUT2D eigenvalue weighted by atomic mass is 10.2. The third-order valence-electron chi connectivity index (χ3n) is 3.84. The number of hydrogen-bond acceptors (Lipinski definition) is 4. The van der Waals surface area contributed by atoms with Gasteiger partial charge in [-0.1, -0.05) is 0 Å². The lowest BCUT2D eigenvalue weighted by Gasteiger charge is -2.20. The lowest BCUT2D eigenvalue weighted by Crippen LogP contribution is -2.45. The number of nitrogens with zero attached hydrogens (tertiary/aromatic N) is 3. The molecule has 0 amide bonds. The Morgan fingerprint density at radius 1 is 1.37 bits per heavy atom. The van der Waals surface area contributed by atoms with E-state index in [4.69, 9.17) is 0 Å². The van der Waals surface area contributed by atoms with Gasteiger partial charge in [-0.15, -0.1) is 0 Å². The van der Waals surface area contributed by atoms with Gasteiger partial charge >= 0.3 is 0 Å². The average molecular weight is 284 g/mol. The van der Waals surface area contributed by atoms with Gasteiger partial charge in [-0.25, -0.2) is 0 Å². The highest BCUT2D eigenvalue weighted by Gasteiger charge is 2.33. The molecule has 1 N–H and O–H groups in total. The minimum absolute atomic E-state index is 0.0476. The summed E-state index contributed by atoms with van der Waals surface area (Å²) < 4.78 is 28.8. The van der Waals surface area contributed by atoms with Crippen LogP contribution in [0.2, 0.25) is 0 Å². The summed E-state index contributed by atoms with van der Waals surface area (Å²) in [5.74, 6) is 0. The third-order valence-corrected chi connectivity index (χ3v) is 5.51. The zero-order chi connectivity index (χ0) is 13.5. The fourth-order valence-electron chi connectivity index (χ4n) is 2.87. The maximum atomic E-state index is 12.2. The molecule has 0 radical (unpaired) electrons. The van der Waals surface area contributed by atoms with E-state index >= 15 is 0 Å². The second kappa shape index (κ2) is 4.88. The van der Waals surface area contributed by atoms with Crippen molar-refractivity contribution in [1.29, 1.82) is 0 Å². The Morgan fingerprint density at radius 2 is 2.11 bits per heavy atom. The van der Waals surface area contributed by atoms with E-state index in [1.54, 1.807) is 4.31 Å². The van der Waals surface area contributed by atoms with Gasteiger partial charge in [0.15, 0.2) is 0 Å². The predicted molar refractivity (Wildman–Crippen MR) is 74.0 cm³/mol. The number of aliphatic imine (C=N–C) groups is 1. The van der Waals surface area contributed by atoms with Gasteiger partial charge in [-0.2, -0.15) is 17.4 Å². The predicted octanol–water partition coefficient (Wildman–Crippen LogP) is 0.305. The molecule has 0 unspecified atom stereocenters. The van der Waals surface area contributed by atoms with Crippen LogP contribution in [-0.2, 0) is 10.2 Å². The molecule has 7 heteroatoms. The van der Waals surface area contributed by atoms with Crippen molar-refractivity contribution >= 4 is 16.5 Å². The van der Waals surface area contributed by atoms with Crippen molar-refractivity contribution in [2.75, 3.05) is 19.6 Å². The molecule has 0 aromatic carbocycles. The van der Waals surface area contributed by atoms with E-state index in [1.807, 2.05) is 18.2 Å². The van der Waals surface area contributed by atoms with E-state index in [2.05, 4.69) is 15.8 Å². The molecule has 0 spiro atoms. The van der Waals surface area contributed by atoms with E-state index in [-0.39, 0.29) is 12.1 Å². The third kappa shape index (κ3) is 2.68. The topological polar surface area (TPSA) is 65.0 Å². The highest BCUT2D eigenvalue weighted by atomic mass is 32.2. The molecular weight excluding hydrogens is 264 g/mol. The van der Waals surface area contributed by atoms with Gasteiger partial charge in [0.1, 0.15) is 0 Å². The fraction of sp³-hybridized carbons (Fsp3) is 0.750. The first-order valence-electron chi connectivity index (χ1n) is 6.83. The minimum Gasteiger partial charge on any atom is -0.335 e. The summed E-state index contributed by atoms with van der Waals surface area (Å²) in [6, 6.07) is 0.147. The average Bonchev–Trinajstić information content (AvgIpc) is 2.95. The SMILES string of the molecule is C[C@H]1C=C2C[C@H](NS(=O)(=O)N3CCCC3)CN2C=N1. The van der Waals surface area contributed by atoms with Crippen molar-refractivity contribution in [1.82, 2.24) is 13.9 Å². The molecular formula is C12H20N4O2S. The van der Waals surface area contributed by atoms with E-state index in [0.29, 0.717) is 19.6 Å². The Morgan fingerprint density at radius 3 is 2.84 bits per heavy atom. The van der Waals surface area contributed by atoms with Crippen molar-refractivity contribution < 1.29 is 8.42 Å². The van der Waals surface area contributed by atoms with Crippen molar-refractivity contribution in [2.24, 2.45) is 4.99 Å². The van der Waals surface area contributed by atoms with Crippen LogP contribution in [0, 0.1) is 0 Å². The first kappa shape index (κ1) is 13.1. The number of fused-ring (bicyclic) bond motifs is 1. The van der Waals surface area contributed by atoms with Gasteiger partial charge < -0.3 is 4.90 Å². The molecule has 6 nitrogen and oxygen atoms in total. The molecule has 3 heterocycles. The van der Waals surface area contributed by atoms with Crippen LogP contribution < -0.4 is 4.72 Å². The zero-order valence-corrected chi connectivity index (χ0v) is 11.9. The van der Waals surface area contributed by atoms with E-state index in [1.165, 1.54) is 5.70 Å². The van der Waals surface area contributed by atoms with Crippen LogP contribution in [-0.4, -0.2) is 55.7 Å². The molecule has 2 saturated heterocycles. The van der Waals surface area contributed by atoms with Gasteiger partial charge in [0.25, 0.3) is 10.2 Å². The molecule has 3 aliphatic rings. The van der Waals surface area contributed by atoms with Crippen LogP contribution in [0.3, 0.4) is 0 Å². The van der Waals surface area contributed by atoms with Crippen LogP contribution in [0.1, 0.15) is 26.2 Å². The Bertz CT molecular complexity index is 508. The normalized spacial score (nSPS) is 31.6. The Kier molecular flexibility index (Phi) is 3.36. The first-order valence-corrected chi connectivity index (χ1v) is 8.27. The van der Waals surface area contributed by atoms with Crippen LogP contribution in [0.25, 0.3) is 0 Å². The molecule has 0 bridgehead atoms. The van der Waals surface area contributed by atoms with Crippen LogP contribution >= 0.6 is 0 Å². The van der Waals surface area contributed by atoms with Crippen LogP contribution in [0.15, 0.2) is 16.8 Å². The molecule has 0 aromatic heterocycles. The largest absolute Gasteiger partial charge is 0.335 e. The summed E-state index contributed by atoms with van der Waals surface area (Å²) in [7, 11) is -3.31. The summed E-state index contributed by atoms with van der Waals surface area (Å²) >= 11 is 0. The second-order valence-electron chi connectivity index (χ2n) is 5.45. The van der Waals surface area contributed by atoms with E-state index in [0.717, 1.165) is 19.3 Å². The smallest absolute Gasteiger partial charge is 0.279 e. The summed E-state index contributed by atoms with van der Waals surface area (Å²) in [5, 5.41) is 0. The Balaban J connectivity index is 1.66. The monoisotopic (exact) mass is 284 g/mol. The van der Waals surface area contributed by atoms with Gasteiger partial charge in [-0.3, -0.25) is 4.99 Å². The van der Waals surface area contributed by atoms with Gasteiger partial charge in [0, 0.05) is 37.8 Å². The molecule has 0 aromatic rings. The highest BCUT2D eigenvalue weighted by molar-refractivity contribution is 7.87. The summed E-state index contributed by atoms with van der Waals surface area (Å²) in [6.45, 7) is 4.00. The Labute approximate surface area is 114 Å². The maximum absolute atomic E-state index is 12.2. The second-order valence-corrected chi connectivity index (χ2v) is 7.15. The molecule has 106 valence electrons. The number of hydrogen-bond donors (Lipinski definition) is 1. The van der Waals surface area contributed by atoms with Crippen LogP contribution in [0.5, 0.6) is 0 Å². The van der Waals surface area contributed by atoms with E-state index in [9.17, 15) is 8.42 Å². The van der Waals surface area contributed by atoms with Crippen molar-refractivity contribution in [3.05, 3.63) is 11.8 Å². The quantitative estimate of drug-likeness (QED) is 0.811. The van der Waals surface area contributed by atoms with Gasteiger partial charge in [0.05, 0.1) is 12.4 Å². The number of rotatable bonds is 3. The Hall–Kier alpha value is -0.920. The molecule has 19 heavy (non-hydrogen) atoms. The lowest BCUT2D eigenvalue weighted by molar-refractivity contribution is 0.449. The molecule has 3 rings (SSSR count). The van der Waals surface area contributed by atoms with Gasteiger partial charge in [0.2, 0.25) is 0 Å². The van der Waals surface area contributed by atoms with Crippen LogP contribution in [0.4, 0.5) is 0 Å². The summed E-state index contributed by atoms with van der Waals surface area (Å²) in [5.41, 5.74) is 1.18. The highest BCUT2D eigenvalue weighted by Crippen LogP contribution is 2.24. The molecule has 3 aliphatic heterocycles. The standard InChI is InChI=1S/C12H20N4O2S/c1-10-6-12-7-11(8-15(12)9-13-10)14-19(17,18)16-4-2-3-5-16/h6,9-11,14H,2-5,7-8H2,1H3/t10-,11-/m0/s1. The van der Waals surface area contributed by atoms with Gasteiger partial charge in [-0.05, 0) is 25.8 Å². The molecule has 0 saturated carbocycles. The van der Waals surface area contributed by atoms with Crippen molar-refractivity contribution in [2.45, 2.75) is 38.3 Å². The van der Waals surface area contributed by atoms with E-state index < -0.39 is 10.2 Å². The molecule has 2 atom stereocenters. The first-order chi connectivity index (χ1) is 9.04. The van der Waals surface area contributed by atoms with Crippen molar-refractivity contribution in [3.63, 3.8) is 0 Å². The summed E-state index contributed by atoms with van der Waals surface area (Å²) in [6.07, 6.45) is 6.61. The fourth-order valence-corrected chi connectivity index (χ4v) is 4.34. The van der Waals surface area contributed by atoms with Crippen molar-refractivity contribution in [3.8, 4) is 0 Å². The summed E-state index contributed by atoms with van der Waals surface area (Å²) in [4.78, 5) is 6.36. The molecule has 0 aliphatic carbocycles. The number of nitrogens with one attached hydrogen (secondary N) is 1.